The molecule has 0 aliphatic rings. The normalized spacial score (nSPS) is 12.5. The smallest absolute Gasteiger partial charge is 0.257 e. The zero-order valence-corrected chi connectivity index (χ0v) is 12.7. The SMILES string of the molecule is CNCc1cn[nH]c1S(=O)(=O)NCCN(C)C(C)C. The van der Waals surface area contributed by atoms with Gasteiger partial charge in [-0.25, -0.2) is 13.1 Å². The maximum atomic E-state index is 12.1. The summed E-state index contributed by atoms with van der Waals surface area (Å²) in [5.74, 6) is 0. The van der Waals surface area contributed by atoms with Crippen molar-refractivity contribution in [2.24, 2.45) is 0 Å². The lowest BCUT2D eigenvalue weighted by Crippen LogP contribution is -2.36. The summed E-state index contributed by atoms with van der Waals surface area (Å²) in [5.41, 5.74) is 0.632. The maximum absolute atomic E-state index is 12.1. The quantitative estimate of drug-likeness (QED) is 0.614. The summed E-state index contributed by atoms with van der Waals surface area (Å²) in [6.45, 7) is 5.61. The second-order valence-electron chi connectivity index (χ2n) is 4.73. The first-order chi connectivity index (χ1) is 8.88. The molecule has 19 heavy (non-hydrogen) atoms. The summed E-state index contributed by atoms with van der Waals surface area (Å²) in [7, 11) is 0.192. The molecule has 3 N–H and O–H groups in total. The van der Waals surface area contributed by atoms with E-state index in [1.807, 2.05) is 7.05 Å². The molecule has 8 heteroatoms. The molecule has 0 saturated carbocycles. The molecule has 0 aliphatic heterocycles. The highest BCUT2D eigenvalue weighted by Crippen LogP contribution is 2.10. The van der Waals surface area contributed by atoms with Gasteiger partial charge in [-0.1, -0.05) is 0 Å². The fourth-order valence-corrected chi connectivity index (χ4v) is 2.68. The molecule has 0 spiro atoms. The third-order valence-electron chi connectivity index (χ3n) is 2.95. The van der Waals surface area contributed by atoms with Crippen LogP contribution in [-0.2, 0) is 16.6 Å². The summed E-state index contributed by atoms with van der Waals surface area (Å²) in [6.07, 6.45) is 1.52. The number of rotatable bonds is 8. The van der Waals surface area contributed by atoms with E-state index in [4.69, 9.17) is 0 Å². The number of likely N-dealkylation sites (N-methyl/N-ethyl adjacent to an activating group) is 1. The lowest BCUT2D eigenvalue weighted by Gasteiger charge is -2.20. The Kier molecular flexibility index (Phi) is 5.92. The van der Waals surface area contributed by atoms with Gasteiger partial charge in [0.05, 0.1) is 6.20 Å². The van der Waals surface area contributed by atoms with Crippen LogP contribution in [0.1, 0.15) is 19.4 Å². The molecule has 0 aromatic carbocycles. The molecule has 0 fully saturated rings. The molecule has 0 aliphatic carbocycles. The van der Waals surface area contributed by atoms with Crippen molar-refractivity contribution in [3.8, 4) is 0 Å². The van der Waals surface area contributed by atoms with Gasteiger partial charge in [-0.3, -0.25) is 5.10 Å². The van der Waals surface area contributed by atoms with Gasteiger partial charge in [0.2, 0.25) is 0 Å². The molecule has 0 saturated heterocycles. The fraction of sp³-hybridized carbons (Fsp3) is 0.727. The molecular weight excluding hydrogens is 266 g/mol. The molecule has 1 aromatic heterocycles. The van der Waals surface area contributed by atoms with Gasteiger partial charge < -0.3 is 10.2 Å². The molecule has 1 rings (SSSR count). The van der Waals surface area contributed by atoms with Crippen molar-refractivity contribution in [2.75, 3.05) is 27.2 Å². The Morgan fingerprint density at radius 3 is 2.74 bits per heavy atom. The standard InChI is InChI=1S/C11H23N5O2S/c1-9(2)16(4)6-5-14-19(17,18)11-10(7-12-3)8-13-15-11/h8-9,12,14H,5-7H2,1-4H3,(H,13,15). The van der Waals surface area contributed by atoms with Gasteiger partial charge in [0, 0.05) is 31.2 Å². The highest BCUT2D eigenvalue weighted by Gasteiger charge is 2.20. The summed E-state index contributed by atoms with van der Waals surface area (Å²) in [6, 6.07) is 0.386. The van der Waals surface area contributed by atoms with Crippen LogP contribution < -0.4 is 10.0 Å². The van der Waals surface area contributed by atoms with E-state index >= 15 is 0 Å². The van der Waals surface area contributed by atoms with Gasteiger partial charge in [-0.15, -0.1) is 0 Å². The predicted molar refractivity (Wildman–Crippen MR) is 74.3 cm³/mol. The number of aromatic amines is 1. The zero-order valence-electron chi connectivity index (χ0n) is 11.9. The van der Waals surface area contributed by atoms with Crippen molar-refractivity contribution in [3.05, 3.63) is 11.8 Å². The number of hydrogen-bond acceptors (Lipinski definition) is 5. The van der Waals surface area contributed by atoms with Crippen LogP contribution in [0.2, 0.25) is 0 Å². The zero-order chi connectivity index (χ0) is 14.5. The molecule has 0 atom stereocenters. The third kappa shape index (κ3) is 4.57. The Bertz CT molecular complexity index is 483. The van der Waals surface area contributed by atoms with E-state index in [-0.39, 0.29) is 5.03 Å². The van der Waals surface area contributed by atoms with E-state index in [0.717, 1.165) is 0 Å². The van der Waals surface area contributed by atoms with Crippen LogP contribution in [0.4, 0.5) is 0 Å². The summed E-state index contributed by atoms with van der Waals surface area (Å²) >= 11 is 0. The fourth-order valence-electron chi connectivity index (χ4n) is 1.54. The molecule has 0 bridgehead atoms. The minimum absolute atomic E-state index is 0.133. The van der Waals surface area contributed by atoms with Crippen molar-refractivity contribution < 1.29 is 8.42 Å². The Balaban J connectivity index is 2.63. The second-order valence-corrected chi connectivity index (χ2v) is 6.43. The minimum atomic E-state index is -3.53. The van der Waals surface area contributed by atoms with E-state index in [1.165, 1.54) is 6.20 Å². The van der Waals surface area contributed by atoms with E-state index < -0.39 is 10.0 Å². The molecule has 0 amide bonds. The Hall–Kier alpha value is -0.960. The highest BCUT2D eigenvalue weighted by atomic mass is 32.2. The van der Waals surface area contributed by atoms with Gasteiger partial charge >= 0.3 is 0 Å². The summed E-state index contributed by atoms with van der Waals surface area (Å²) < 4.78 is 26.8. The lowest BCUT2D eigenvalue weighted by molar-refractivity contribution is 0.278. The van der Waals surface area contributed by atoms with Crippen LogP contribution >= 0.6 is 0 Å². The first-order valence-electron chi connectivity index (χ1n) is 6.25. The molecular formula is C11H23N5O2S. The van der Waals surface area contributed by atoms with Crippen molar-refractivity contribution >= 4 is 10.0 Å². The molecule has 0 radical (unpaired) electrons. The number of nitrogens with zero attached hydrogens (tertiary/aromatic N) is 2. The van der Waals surface area contributed by atoms with Crippen LogP contribution in [-0.4, -0.2) is 56.7 Å². The van der Waals surface area contributed by atoms with Crippen LogP contribution in [0.15, 0.2) is 11.2 Å². The number of H-pyrrole nitrogens is 1. The molecule has 1 aromatic rings. The monoisotopic (exact) mass is 289 g/mol. The summed E-state index contributed by atoms with van der Waals surface area (Å²) in [5, 5.41) is 9.37. The Morgan fingerprint density at radius 2 is 2.16 bits per heavy atom. The third-order valence-corrected chi connectivity index (χ3v) is 4.43. The number of aromatic nitrogens is 2. The van der Waals surface area contributed by atoms with Crippen LogP contribution in [0.5, 0.6) is 0 Å². The first-order valence-corrected chi connectivity index (χ1v) is 7.73. The van der Waals surface area contributed by atoms with Gasteiger partial charge in [-0.2, -0.15) is 5.10 Å². The topological polar surface area (TPSA) is 90.1 Å². The van der Waals surface area contributed by atoms with Crippen molar-refractivity contribution in [2.45, 2.75) is 31.5 Å². The maximum Gasteiger partial charge on any atom is 0.257 e. The van der Waals surface area contributed by atoms with E-state index in [2.05, 4.69) is 39.0 Å². The molecule has 0 unspecified atom stereocenters. The highest BCUT2D eigenvalue weighted by molar-refractivity contribution is 7.89. The van der Waals surface area contributed by atoms with E-state index in [1.54, 1.807) is 7.05 Å². The van der Waals surface area contributed by atoms with Crippen LogP contribution in [0.3, 0.4) is 0 Å². The van der Waals surface area contributed by atoms with Gasteiger partial charge in [0.15, 0.2) is 5.03 Å². The van der Waals surface area contributed by atoms with E-state index in [9.17, 15) is 8.42 Å². The van der Waals surface area contributed by atoms with E-state index in [0.29, 0.717) is 31.2 Å². The summed E-state index contributed by atoms with van der Waals surface area (Å²) in [4.78, 5) is 2.07. The van der Waals surface area contributed by atoms with Crippen molar-refractivity contribution in [1.82, 2.24) is 25.1 Å². The average Bonchev–Trinajstić information content (AvgIpc) is 2.78. The average molecular weight is 289 g/mol. The molecule has 110 valence electrons. The number of hydrogen-bond donors (Lipinski definition) is 3. The predicted octanol–water partition coefficient (Wildman–Crippen LogP) is -0.252. The molecule has 7 nitrogen and oxygen atoms in total. The molecule has 1 heterocycles. The van der Waals surface area contributed by atoms with Gasteiger partial charge in [0.1, 0.15) is 0 Å². The van der Waals surface area contributed by atoms with Crippen molar-refractivity contribution in [1.29, 1.82) is 0 Å². The Labute approximate surface area is 114 Å². The lowest BCUT2D eigenvalue weighted by atomic mass is 10.3. The van der Waals surface area contributed by atoms with Gasteiger partial charge in [0.25, 0.3) is 10.0 Å². The van der Waals surface area contributed by atoms with Crippen molar-refractivity contribution in [3.63, 3.8) is 0 Å². The minimum Gasteiger partial charge on any atom is -0.316 e. The van der Waals surface area contributed by atoms with Crippen LogP contribution in [0.25, 0.3) is 0 Å². The van der Waals surface area contributed by atoms with Gasteiger partial charge in [-0.05, 0) is 27.9 Å². The first kappa shape index (κ1) is 16.1. The number of sulfonamides is 1. The largest absolute Gasteiger partial charge is 0.316 e. The Morgan fingerprint density at radius 1 is 1.47 bits per heavy atom. The number of nitrogens with one attached hydrogen (secondary N) is 3. The van der Waals surface area contributed by atoms with Crippen LogP contribution in [0, 0.1) is 0 Å². The second kappa shape index (κ2) is 6.99.